The lowest BCUT2D eigenvalue weighted by molar-refractivity contribution is -0.385. The number of nitrogens with zero attached hydrogens (tertiary/aromatic N) is 2. The quantitative estimate of drug-likeness (QED) is 0.363. The highest BCUT2D eigenvalue weighted by Crippen LogP contribution is 2.27. The largest absolute Gasteiger partial charge is 0.289 e. The Kier molecular flexibility index (Phi) is 6.44. The van der Waals surface area contributed by atoms with Crippen molar-refractivity contribution in [1.82, 2.24) is 0 Å². The van der Waals surface area contributed by atoms with E-state index in [9.17, 15) is 25.0 Å². The number of rotatable bonds is 6. The van der Waals surface area contributed by atoms with E-state index in [2.05, 4.69) is 0 Å². The van der Waals surface area contributed by atoms with Crippen molar-refractivity contribution in [3.63, 3.8) is 0 Å². The molecule has 2 aromatic rings. The Hall–Kier alpha value is -4.13. The lowest BCUT2D eigenvalue weighted by atomic mass is 10.1. The SMILES string of the molecule is O=C1C(=CC=Cc2ccccc2[N+](=O)[O-])CCC1=CC=Cc1ccccc1[N+](=O)[O-]. The predicted molar refractivity (Wildman–Crippen MR) is 115 cm³/mol. The van der Waals surface area contributed by atoms with Gasteiger partial charge in [0.15, 0.2) is 5.78 Å². The Morgan fingerprint density at radius 1 is 0.700 bits per heavy atom. The third kappa shape index (κ3) is 4.82. The third-order valence-corrected chi connectivity index (χ3v) is 4.66. The van der Waals surface area contributed by atoms with E-state index in [-0.39, 0.29) is 17.2 Å². The maximum atomic E-state index is 12.5. The Balaban J connectivity index is 1.72. The first-order chi connectivity index (χ1) is 14.5. The van der Waals surface area contributed by atoms with Crippen molar-refractivity contribution in [2.24, 2.45) is 0 Å². The van der Waals surface area contributed by atoms with Crippen molar-refractivity contribution in [3.05, 3.63) is 115 Å². The first kappa shape index (κ1) is 20.6. The zero-order valence-corrected chi connectivity index (χ0v) is 15.9. The van der Waals surface area contributed by atoms with Gasteiger partial charge in [0.25, 0.3) is 11.4 Å². The Labute approximate surface area is 172 Å². The van der Waals surface area contributed by atoms with Crippen LogP contribution < -0.4 is 0 Å². The van der Waals surface area contributed by atoms with Crippen molar-refractivity contribution in [2.75, 3.05) is 0 Å². The normalized spacial score (nSPS) is 16.9. The summed E-state index contributed by atoms with van der Waals surface area (Å²) in [5.74, 6) is -0.0885. The molecule has 150 valence electrons. The number of carbonyl (C=O) groups is 1. The fourth-order valence-corrected chi connectivity index (χ4v) is 3.15. The van der Waals surface area contributed by atoms with Crippen molar-refractivity contribution in [1.29, 1.82) is 0 Å². The van der Waals surface area contributed by atoms with E-state index < -0.39 is 9.85 Å². The van der Waals surface area contributed by atoms with E-state index in [1.54, 1.807) is 72.9 Å². The molecule has 0 aromatic heterocycles. The van der Waals surface area contributed by atoms with Gasteiger partial charge in [0.1, 0.15) is 0 Å². The Morgan fingerprint density at radius 3 is 1.50 bits per heavy atom. The number of benzene rings is 2. The molecule has 2 aromatic carbocycles. The van der Waals surface area contributed by atoms with Crippen LogP contribution in [0.2, 0.25) is 0 Å². The van der Waals surface area contributed by atoms with Gasteiger partial charge in [-0.05, 0) is 37.1 Å². The number of nitro groups is 2. The maximum absolute atomic E-state index is 12.5. The second kappa shape index (κ2) is 9.38. The molecule has 1 aliphatic rings. The summed E-state index contributed by atoms with van der Waals surface area (Å²) >= 11 is 0. The topological polar surface area (TPSA) is 103 Å². The second-order valence-electron chi connectivity index (χ2n) is 6.56. The number of para-hydroxylation sites is 2. The minimum atomic E-state index is -0.447. The van der Waals surface area contributed by atoms with Crippen LogP contribution in [0.1, 0.15) is 24.0 Å². The molecule has 0 bridgehead atoms. The van der Waals surface area contributed by atoms with Gasteiger partial charge < -0.3 is 0 Å². The second-order valence-corrected chi connectivity index (χ2v) is 6.56. The van der Waals surface area contributed by atoms with Crippen LogP contribution in [0.4, 0.5) is 11.4 Å². The molecule has 0 spiro atoms. The number of allylic oxidation sites excluding steroid dienone is 6. The average molecular weight is 402 g/mol. The minimum absolute atomic E-state index is 0.00521. The van der Waals surface area contributed by atoms with Crippen LogP contribution >= 0.6 is 0 Å². The fraction of sp³-hybridized carbons (Fsp3) is 0.0870. The molecule has 1 fully saturated rings. The highest BCUT2D eigenvalue weighted by atomic mass is 16.6. The lowest BCUT2D eigenvalue weighted by Crippen LogP contribution is -1.94. The monoisotopic (exact) mass is 402 g/mol. The molecule has 1 saturated carbocycles. The van der Waals surface area contributed by atoms with Gasteiger partial charge in [-0.15, -0.1) is 0 Å². The number of nitro benzene ring substituents is 2. The van der Waals surface area contributed by atoms with E-state index in [0.717, 1.165) is 0 Å². The maximum Gasteiger partial charge on any atom is 0.276 e. The Bertz CT molecular complexity index is 1040. The standard InChI is InChI=1S/C23H18N2O5/c26-23-19(11-5-9-17-7-1-3-13-21(17)24(27)28)15-16-20(23)12-6-10-18-8-2-4-14-22(18)25(29)30/h1-14H,15-16H2. The van der Waals surface area contributed by atoms with Gasteiger partial charge in [-0.2, -0.15) is 0 Å². The van der Waals surface area contributed by atoms with Crippen LogP contribution in [0.3, 0.4) is 0 Å². The molecule has 0 unspecified atom stereocenters. The molecule has 0 heterocycles. The number of Topliss-reactive ketones (excluding diaryl/α,β-unsaturated/α-hetero) is 1. The number of carbonyl (C=O) groups excluding carboxylic acids is 1. The van der Waals surface area contributed by atoms with Gasteiger partial charge in [0, 0.05) is 23.3 Å². The molecule has 3 rings (SSSR count). The number of hydrogen-bond acceptors (Lipinski definition) is 5. The fourth-order valence-electron chi connectivity index (χ4n) is 3.15. The summed E-state index contributed by atoms with van der Waals surface area (Å²) in [4.78, 5) is 33.7. The first-order valence-corrected chi connectivity index (χ1v) is 9.23. The molecule has 0 amide bonds. The Morgan fingerprint density at radius 2 is 1.10 bits per heavy atom. The van der Waals surface area contributed by atoms with Crippen LogP contribution in [0.5, 0.6) is 0 Å². The molecule has 7 heteroatoms. The lowest BCUT2D eigenvalue weighted by Gasteiger charge is -1.96. The highest BCUT2D eigenvalue weighted by molar-refractivity contribution is 6.11. The molecule has 0 saturated heterocycles. The van der Waals surface area contributed by atoms with Gasteiger partial charge >= 0.3 is 0 Å². The molecule has 0 N–H and O–H groups in total. The van der Waals surface area contributed by atoms with Crippen molar-refractivity contribution in [2.45, 2.75) is 12.8 Å². The summed E-state index contributed by atoms with van der Waals surface area (Å²) in [7, 11) is 0. The highest BCUT2D eigenvalue weighted by Gasteiger charge is 2.21. The summed E-state index contributed by atoms with van der Waals surface area (Å²) in [5, 5.41) is 22.1. The average Bonchev–Trinajstić information content (AvgIpc) is 3.08. The summed E-state index contributed by atoms with van der Waals surface area (Å²) in [6.07, 6.45) is 11.0. The van der Waals surface area contributed by atoms with E-state index >= 15 is 0 Å². The third-order valence-electron chi connectivity index (χ3n) is 4.66. The number of hydrogen-bond donors (Lipinski definition) is 0. The molecule has 0 atom stereocenters. The van der Waals surface area contributed by atoms with Gasteiger partial charge in [-0.3, -0.25) is 25.0 Å². The van der Waals surface area contributed by atoms with Gasteiger partial charge in [0.05, 0.1) is 21.0 Å². The molecule has 7 nitrogen and oxygen atoms in total. The van der Waals surface area contributed by atoms with E-state index in [0.29, 0.717) is 35.1 Å². The van der Waals surface area contributed by atoms with Crippen LogP contribution in [0.25, 0.3) is 12.2 Å². The van der Waals surface area contributed by atoms with Crippen molar-refractivity contribution in [3.8, 4) is 0 Å². The van der Waals surface area contributed by atoms with Gasteiger partial charge in [-0.1, -0.05) is 48.6 Å². The minimum Gasteiger partial charge on any atom is -0.289 e. The van der Waals surface area contributed by atoms with Crippen LogP contribution in [-0.4, -0.2) is 15.6 Å². The van der Waals surface area contributed by atoms with E-state index in [1.165, 1.54) is 12.1 Å². The molecule has 0 radical (unpaired) electrons. The predicted octanol–water partition coefficient (Wildman–Crippen LogP) is 5.45. The van der Waals surface area contributed by atoms with Crippen molar-refractivity contribution >= 4 is 29.3 Å². The molecular formula is C23H18N2O5. The zero-order valence-electron chi connectivity index (χ0n) is 15.9. The summed E-state index contributed by atoms with van der Waals surface area (Å²) in [6, 6.07) is 12.8. The smallest absolute Gasteiger partial charge is 0.276 e. The summed E-state index contributed by atoms with van der Waals surface area (Å²) in [6.45, 7) is 0. The van der Waals surface area contributed by atoms with Crippen LogP contribution in [-0.2, 0) is 4.79 Å². The van der Waals surface area contributed by atoms with Gasteiger partial charge in [-0.25, -0.2) is 0 Å². The summed E-state index contributed by atoms with van der Waals surface area (Å²) in [5.41, 5.74) is 2.18. The van der Waals surface area contributed by atoms with E-state index in [1.807, 2.05) is 0 Å². The van der Waals surface area contributed by atoms with Crippen LogP contribution in [0.15, 0.2) is 84.0 Å². The first-order valence-electron chi connectivity index (χ1n) is 9.23. The van der Waals surface area contributed by atoms with E-state index in [4.69, 9.17) is 0 Å². The molecular weight excluding hydrogens is 384 g/mol. The molecule has 30 heavy (non-hydrogen) atoms. The van der Waals surface area contributed by atoms with Crippen LogP contribution in [0, 0.1) is 20.2 Å². The number of ketones is 1. The van der Waals surface area contributed by atoms with Crippen molar-refractivity contribution < 1.29 is 14.6 Å². The molecule has 0 aliphatic heterocycles. The van der Waals surface area contributed by atoms with Gasteiger partial charge in [0.2, 0.25) is 0 Å². The molecule has 1 aliphatic carbocycles. The summed E-state index contributed by atoms with van der Waals surface area (Å²) < 4.78 is 0. The zero-order chi connectivity index (χ0) is 21.5.